The van der Waals surface area contributed by atoms with Crippen molar-refractivity contribution in [2.45, 2.75) is 0 Å². The number of nitrogens with zero attached hydrogens (tertiary/aromatic N) is 1. The van der Waals surface area contributed by atoms with Crippen molar-refractivity contribution in [3.63, 3.8) is 0 Å². The molecule has 114 valence electrons. The minimum atomic E-state index is -0.593. The number of nitrogens with one attached hydrogen (secondary N) is 1. The van der Waals surface area contributed by atoms with Gasteiger partial charge in [-0.05, 0) is 12.1 Å². The first-order chi connectivity index (χ1) is 11.1. The van der Waals surface area contributed by atoms with E-state index in [1.165, 1.54) is 11.3 Å². The highest BCUT2D eigenvalue weighted by Crippen LogP contribution is 2.24. The summed E-state index contributed by atoms with van der Waals surface area (Å²) in [6, 6.07) is 16.2. The average molecular weight is 323 g/mol. The normalized spacial score (nSPS) is 10.3. The lowest BCUT2D eigenvalue weighted by atomic mass is 10.1. The van der Waals surface area contributed by atoms with E-state index in [2.05, 4.69) is 10.3 Å². The highest BCUT2D eigenvalue weighted by atomic mass is 32.1. The molecule has 0 saturated heterocycles. The van der Waals surface area contributed by atoms with Crippen molar-refractivity contribution in [3.8, 4) is 10.6 Å². The fraction of sp³-hybridized carbons (Fsp3) is 0. The smallest absolute Gasteiger partial charge is 0.275 e. The van der Waals surface area contributed by atoms with Crippen molar-refractivity contribution in [3.05, 3.63) is 71.2 Å². The fourth-order valence-electron chi connectivity index (χ4n) is 2.08. The molecule has 0 bridgehead atoms. The molecule has 3 aromatic rings. The van der Waals surface area contributed by atoms with Gasteiger partial charge in [-0.25, -0.2) is 4.98 Å². The van der Waals surface area contributed by atoms with Crippen molar-refractivity contribution >= 4 is 28.8 Å². The summed E-state index contributed by atoms with van der Waals surface area (Å²) in [5, 5.41) is 5.13. The van der Waals surface area contributed by atoms with Gasteiger partial charge >= 0.3 is 0 Å². The van der Waals surface area contributed by atoms with E-state index in [0.717, 1.165) is 10.6 Å². The summed E-state index contributed by atoms with van der Waals surface area (Å²) in [5.41, 5.74) is 7.19. The molecule has 0 aliphatic heterocycles. The summed E-state index contributed by atoms with van der Waals surface area (Å²) in [6.45, 7) is 0. The molecule has 1 heterocycles. The van der Waals surface area contributed by atoms with Crippen molar-refractivity contribution < 1.29 is 9.59 Å². The van der Waals surface area contributed by atoms with Crippen molar-refractivity contribution in [2.75, 3.05) is 5.32 Å². The molecule has 0 radical (unpaired) electrons. The first-order valence-corrected chi connectivity index (χ1v) is 7.74. The molecule has 0 atom stereocenters. The second-order valence-electron chi connectivity index (χ2n) is 4.77. The van der Waals surface area contributed by atoms with Gasteiger partial charge in [0.25, 0.3) is 11.8 Å². The molecule has 0 aliphatic carbocycles. The summed E-state index contributed by atoms with van der Waals surface area (Å²) in [7, 11) is 0. The Kier molecular flexibility index (Phi) is 4.16. The van der Waals surface area contributed by atoms with Crippen LogP contribution in [0.1, 0.15) is 20.8 Å². The van der Waals surface area contributed by atoms with Gasteiger partial charge in [-0.15, -0.1) is 11.3 Å². The van der Waals surface area contributed by atoms with Crippen LogP contribution in [0.4, 0.5) is 5.69 Å². The van der Waals surface area contributed by atoms with Crippen LogP contribution in [-0.4, -0.2) is 16.8 Å². The lowest BCUT2D eigenvalue weighted by molar-refractivity contribution is 0.100. The van der Waals surface area contributed by atoms with Gasteiger partial charge in [-0.2, -0.15) is 0 Å². The van der Waals surface area contributed by atoms with E-state index < -0.39 is 5.91 Å². The highest BCUT2D eigenvalue weighted by molar-refractivity contribution is 7.13. The monoisotopic (exact) mass is 323 g/mol. The number of hydrogen-bond donors (Lipinski definition) is 2. The number of aromatic nitrogens is 1. The number of rotatable bonds is 4. The highest BCUT2D eigenvalue weighted by Gasteiger charge is 2.15. The van der Waals surface area contributed by atoms with Gasteiger partial charge in [0.05, 0.1) is 11.3 Å². The molecule has 0 fully saturated rings. The van der Waals surface area contributed by atoms with E-state index in [1.807, 2.05) is 30.3 Å². The third-order valence-electron chi connectivity index (χ3n) is 3.20. The molecule has 0 aliphatic rings. The molecule has 0 spiro atoms. The SMILES string of the molecule is NC(=O)c1ccccc1NC(=O)c1csc(-c2ccccc2)n1. The van der Waals surface area contributed by atoms with Gasteiger partial charge in [-0.1, -0.05) is 42.5 Å². The number of carbonyl (C=O) groups is 2. The van der Waals surface area contributed by atoms with Gasteiger partial charge in [0.1, 0.15) is 10.7 Å². The molecular formula is C17H13N3O2S. The molecule has 2 aromatic carbocycles. The van der Waals surface area contributed by atoms with Crippen LogP contribution in [0.2, 0.25) is 0 Å². The number of para-hydroxylation sites is 1. The largest absolute Gasteiger partial charge is 0.366 e. The van der Waals surface area contributed by atoms with Crippen LogP contribution in [0.25, 0.3) is 10.6 Å². The van der Waals surface area contributed by atoms with Gasteiger partial charge < -0.3 is 11.1 Å². The van der Waals surface area contributed by atoms with Gasteiger partial charge in [0.15, 0.2) is 0 Å². The van der Waals surface area contributed by atoms with Crippen LogP contribution in [-0.2, 0) is 0 Å². The number of hydrogen-bond acceptors (Lipinski definition) is 4. The summed E-state index contributed by atoms with van der Waals surface area (Å²) in [5.74, 6) is -0.971. The Hall–Kier alpha value is -2.99. The number of thiazole rings is 1. The standard InChI is InChI=1S/C17H13N3O2S/c18-15(21)12-8-4-5-9-13(12)19-16(22)14-10-23-17(20-14)11-6-2-1-3-7-11/h1-10H,(H2,18,21)(H,19,22). The number of anilines is 1. The van der Waals surface area contributed by atoms with Gasteiger partial charge in [0, 0.05) is 10.9 Å². The van der Waals surface area contributed by atoms with Crippen LogP contribution in [0.15, 0.2) is 60.0 Å². The molecule has 0 saturated carbocycles. The summed E-state index contributed by atoms with van der Waals surface area (Å²) in [4.78, 5) is 28.0. The second-order valence-corrected chi connectivity index (χ2v) is 5.63. The quantitative estimate of drug-likeness (QED) is 0.773. The van der Waals surface area contributed by atoms with Gasteiger partial charge in [0.2, 0.25) is 0 Å². The zero-order valence-corrected chi connectivity index (χ0v) is 12.8. The molecule has 6 heteroatoms. The number of primary amides is 1. The summed E-state index contributed by atoms with van der Waals surface area (Å²) >= 11 is 1.39. The zero-order valence-electron chi connectivity index (χ0n) is 12.0. The van der Waals surface area contributed by atoms with Crippen LogP contribution >= 0.6 is 11.3 Å². The average Bonchev–Trinajstić information content (AvgIpc) is 3.06. The third-order valence-corrected chi connectivity index (χ3v) is 4.09. The van der Waals surface area contributed by atoms with E-state index in [-0.39, 0.29) is 11.5 Å². The minimum Gasteiger partial charge on any atom is -0.366 e. The molecule has 3 rings (SSSR count). The topological polar surface area (TPSA) is 85.1 Å². The van der Waals surface area contributed by atoms with E-state index in [0.29, 0.717) is 11.4 Å². The number of carbonyl (C=O) groups excluding carboxylic acids is 2. The molecule has 23 heavy (non-hydrogen) atoms. The lowest BCUT2D eigenvalue weighted by Gasteiger charge is -2.07. The molecule has 0 unspecified atom stereocenters. The lowest BCUT2D eigenvalue weighted by Crippen LogP contribution is -2.18. The first-order valence-electron chi connectivity index (χ1n) is 6.86. The molecule has 1 aromatic heterocycles. The number of nitrogens with two attached hydrogens (primary N) is 1. The van der Waals surface area contributed by atoms with Crippen LogP contribution < -0.4 is 11.1 Å². The Balaban J connectivity index is 1.83. The first kappa shape index (κ1) is 14.9. The van der Waals surface area contributed by atoms with Crippen LogP contribution in [0.3, 0.4) is 0 Å². The van der Waals surface area contributed by atoms with E-state index >= 15 is 0 Å². The maximum atomic E-state index is 12.3. The second kappa shape index (κ2) is 6.41. The maximum Gasteiger partial charge on any atom is 0.275 e. The Morgan fingerprint density at radius 1 is 1.00 bits per heavy atom. The number of benzene rings is 2. The summed E-state index contributed by atoms with van der Waals surface area (Å²) in [6.07, 6.45) is 0. The van der Waals surface area contributed by atoms with E-state index in [9.17, 15) is 9.59 Å². The Labute approximate surface area is 136 Å². The molecule has 2 amide bonds. The van der Waals surface area contributed by atoms with Crippen molar-refractivity contribution in [1.82, 2.24) is 4.98 Å². The fourth-order valence-corrected chi connectivity index (χ4v) is 2.89. The molecule has 3 N–H and O–H groups in total. The predicted octanol–water partition coefficient (Wildman–Crippen LogP) is 3.16. The maximum absolute atomic E-state index is 12.3. The Morgan fingerprint density at radius 2 is 1.70 bits per heavy atom. The van der Waals surface area contributed by atoms with Crippen molar-refractivity contribution in [1.29, 1.82) is 0 Å². The number of amides is 2. The Bertz CT molecular complexity index is 859. The minimum absolute atomic E-state index is 0.263. The predicted molar refractivity (Wildman–Crippen MR) is 90.5 cm³/mol. The van der Waals surface area contributed by atoms with E-state index in [1.54, 1.807) is 29.6 Å². The van der Waals surface area contributed by atoms with E-state index in [4.69, 9.17) is 5.73 Å². The third kappa shape index (κ3) is 3.27. The Morgan fingerprint density at radius 3 is 2.43 bits per heavy atom. The van der Waals surface area contributed by atoms with Crippen LogP contribution in [0.5, 0.6) is 0 Å². The molecule has 5 nitrogen and oxygen atoms in total. The zero-order chi connectivity index (χ0) is 16.2. The van der Waals surface area contributed by atoms with Crippen LogP contribution in [0, 0.1) is 0 Å². The summed E-state index contributed by atoms with van der Waals surface area (Å²) < 4.78 is 0. The van der Waals surface area contributed by atoms with Crippen molar-refractivity contribution in [2.24, 2.45) is 5.73 Å². The van der Waals surface area contributed by atoms with Gasteiger partial charge in [-0.3, -0.25) is 9.59 Å². The molecular weight excluding hydrogens is 310 g/mol.